The van der Waals surface area contributed by atoms with Gasteiger partial charge in [-0.25, -0.2) is 13.1 Å². The lowest BCUT2D eigenvalue weighted by molar-refractivity contribution is 0.131. The molecule has 1 N–H and O–H groups in total. The normalized spacial score (nSPS) is 30.0. The van der Waals surface area contributed by atoms with Crippen LogP contribution in [0.4, 0.5) is 0 Å². The number of aromatic nitrogens is 1. The van der Waals surface area contributed by atoms with Crippen molar-refractivity contribution in [2.75, 3.05) is 26.0 Å². The van der Waals surface area contributed by atoms with E-state index in [0.717, 1.165) is 39.0 Å². The Morgan fingerprint density at radius 3 is 2.77 bits per heavy atom. The predicted octanol–water partition coefficient (Wildman–Crippen LogP) is 0.405. The number of pyridine rings is 1. The number of hydrogen-bond acceptors (Lipinski definition) is 5. The molecule has 0 unspecified atom stereocenters. The number of rotatable bonds is 5. The van der Waals surface area contributed by atoms with Crippen molar-refractivity contribution in [1.82, 2.24) is 14.6 Å². The maximum absolute atomic E-state index is 11.6. The first kappa shape index (κ1) is 15.9. The second kappa shape index (κ2) is 6.62. The molecule has 0 aromatic carbocycles. The zero-order valence-corrected chi connectivity index (χ0v) is 13.6. The van der Waals surface area contributed by atoms with Gasteiger partial charge in [-0.3, -0.25) is 9.88 Å². The van der Waals surface area contributed by atoms with E-state index in [4.69, 9.17) is 4.74 Å². The summed E-state index contributed by atoms with van der Waals surface area (Å²) in [5.41, 5.74) is 1.19. The highest BCUT2D eigenvalue weighted by Gasteiger charge is 2.40. The number of sulfonamides is 1. The number of hydrogen-bond donors (Lipinski definition) is 1. The third-order valence-corrected chi connectivity index (χ3v) is 5.25. The molecule has 0 radical (unpaired) electrons. The summed E-state index contributed by atoms with van der Waals surface area (Å²) < 4.78 is 31.6. The van der Waals surface area contributed by atoms with Crippen LogP contribution < -0.4 is 4.72 Å². The van der Waals surface area contributed by atoms with Gasteiger partial charge in [0.2, 0.25) is 10.0 Å². The van der Waals surface area contributed by atoms with Crippen molar-refractivity contribution in [3.63, 3.8) is 0 Å². The zero-order chi connectivity index (χ0) is 15.6. The predicted molar refractivity (Wildman–Crippen MR) is 84.0 cm³/mol. The van der Waals surface area contributed by atoms with Gasteiger partial charge < -0.3 is 4.74 Å². The van der Waals surface area contributed by atoms with Crippen molar-refractivity contribution in [3.05, 3.63) is 30.1 Å². The largest absolute Gasteiger partial charge is 0.380 e. The van der Waals surface area contributed by atoms with Crippen LogP contribution in [0.25, 0.3) is 0 Å². The van der Waals surface area contributed by atoms with E-state index in [2.05, 4.69) is 14.6 Å². The van der Waals surface area contributed by atoms with E-state index in [1.807, 2.05) is 12.1 Å². The Morgan fingerprint density at radius 2 is 2.14 bits per heavy atom. The van der Waals surface area contributed by atoms with Crippen LogP contribution in [0.5, 0.6) is 0 Å². The SMILES string of the molecule is CS(=O)(=O)N[C@@H]1CCN([C@H]2CCOC2)[C@H]1Cc1ccncc1. The summed E-state index contributed by atoms with van der Waals surface area (Å²) in [4.78, 5) is 6.48. The molecule has 7 heteroatoms. The maximum Gasteiger partial charge on any atom is 0.209 e. The number of likely N-dealkylation sites (tertiary alicyclic amines) is 1. The fourth-order valence-corrected chi connectivity index (χ4v) is 4.37. The molecule has 122 valence electrons. The van der Waals surface area contributed by atoms with Crippen LogP contribution in [0.1, 0.15) is 18.4 Å². The summed E-state index contributed by atoms with van der Waals surface area (Å²) in [7, 11) is -3.20. The molecule has 3 heterocycles. The third-order valence-electron chi connectivity index (χ3n) is 4.52. The van der Waals surface area contributed by atoms with Crippen molar-refractivity contribution in [2.24, 2.45) is 0 Å². The van der Waals surface area contributed by atoms with Gasteiger partial charge in [-0.1, -0.05) is 0 Å². The summed E-state index contributed by atoms with van der Waals surface area (Å²) in [5, 5.41) is 0. The summed E-state index contributed by atoms with van der Waals surface area (Å²) in [6, 6.07) is 4.53. The summed E-state index contributed by atoms with van der Waals surface area (Å²) in [5.74, 6) is 0. The first-order valence-corrected chi connectivity index (χ1v) is 9.62. The van der Waals surface area contributed by atoms with E-state index in [1.165, 1.54) is 11.8 Å². The Balaban J connectivity index is 1.78. The minimum atomic E-state index is -3.20. The minimum Gasteiger partial charge on any atom is -0.380 e. The Hall–Kier alpha value is -1.02. The van der Waals surface area contributed by atoms with Gasteiger partial charge >= 0.3 is 0 Å². The monoisotopic (exact) mass is 325 g/mol. The molecule has 6 nitrogen and oxygen atoms in total. The molecule has 2 saturated heterocycles. The fourth-order valence-electron chi connectivity index (χ4n) is 3.55. The molecule has 2 aliphatic heterocycles. The molecule has 22 heavy (non-hydrogen) atoms. The highest BCUT2D eigenvalue weighted by atomic mass is 32.2. The molecule has 0 saturated carbocycles. The van der Waals surface area contributed by atoms with Gasteiger partial charge in [0, 0.05) is 43.7 Å². The maximum atomic E-state index is 11.6. The van der Waals surface area contributed by atoms with Gasteiger partial charge in [0.25, 0.3) is 0 Å². The third kappa shape index (κ3) is 3.84. The standard InChI is InChI=1S/C15H23N3O3S/c1-22(19,20)17-14-4-8-18(13-5-9-21-11-13)15(14)10-12-2-6-16-7-3-12/h2-3,6-7,13-15,17H,4-5,8-11H2,1H3/t13-,14+,15-/m0/s1. The second-order valence-electron chi connectivity index (χ2n) is 6.17. The Bertz CT molecular complexity index is 587. The molecule has 0 amide bonds. The number of ether oxygens (including phenoxy) is 1. The van der Waals surface area contributed by atoms with Crippen molar-refractivity contribution in [3.8, 4) is 0 Å². The number of nitrogens with zero attached hydrogens (tertiary/aromatic N) is 2. The molecule has 2 fully saturated rings. The van der Waals surface area contributed by atoms with Gasteiger partial charge in [-0.05, 0) is 37.0 Å². The lowest BCUT2D eigenvalue weighted by atomic mass is 10.0. The molecule has 0 spiro atoms. The molecule has 0 aliphatic carbocycles. The van der Waals surface area contributed by atoms with Crippen molar-refractivity contribution in [1.29, 1.82) is 0 Å². The molecular formula is C15H23N3O3S. The Kier molecular flexibility index (Phi) is 4.77. The first-order chi connectivity index (χ1) is 10.5. The molecule has 2 aliphatic rings. The lowest BCUT2D eigenvalue weighted by Crippen LogP contribution is -2.49. The van der Waals surface area contributed by atoms with Crippen LogP contribution in [-0.2, 0) is 21.2 Å². The van der Waals surface area contributed by atoms with E-state index in [1.54, 1.807) is 12.4 Å². The van der Waals surface area contributed by atoms with Crippen LogP contribution in [0.2, 0.25) is 0 Å². The van der Waals surface area contributed by atoms with E-state index >= 15 is 0 Å². The molecule has 1 aromatic rings. The quantitative estimate of drug-likeness (QED) is 0.849. The topological polar surface area (TPSA) is 71.5 Å². The average molecular weight is 325 g/mol. The van der Waals surface area contributed by atoms with Gasteiger partial charge in [0.1, 0.15) is 0 Å². The smallest absolute Gasteiger partial charge is 0.209 e. The molecule has 3 rings (SSSR count). The highest BCUT2D eigenvalue weighted by Crippen LogP contribution is 2.27. The number of nitrogens with one attached hydrogen (secondary N) is 1. The summed E-state index contributed by atoms with van der Waals surface area (Å²) in [6.07, 6.45) is 7.50. The molecule has 0 bridgehead atoms. The molecule has 1 aromatic heterocycles. The second-order valence-corrected chi connectivity index (χ2v) is 7.95. The van der Waals surface area contributed by atoms with Crippen LogP contribution in [0.3, 0.4) is 0 Å². The van der Waals surface area contributed by atoms with E-state index in [-0.39, 0.29) is 12.1 Å². The van der Waals surface area contributed by atoms with Crippen LogP contribution in [0.15, 0.2) is 24.5 Å². The summed E-state index contributed by atoms with van der Waals surface area (Å²) >= 11 is 0. The Labute approximate surface area is 131 Å². The van der Waals surface area contributed by atoms with Crippen molar-refractivity contribution < 1.29 is 13.2 Å². The minimum absolute atomic E-state index is 0.0382. The van der Waals surface area contributed by atoms with Crippen LogP contribution in [-0.4, -0.2) is 62.4 Å². The zero-order valence-electron chi connectivity index (χ0n) is 12.8. The van der Waals surface area contributed by atoms with E-state index in [9.17, 15) is 8.42 Å². The van der Waals surface area contributed by atoms with Crippen LogP contribution in [0, 0.1) is 0 Å². The van der Waals surface area contributed by atoms with Gasteiger partial charge in [0.05, 0.1) is 12.9 Å². The van der Waals surface area contributed by atoms with Crippen LogP contribution >= 0.6 is 0 Å². The van der Waals surface area contributed by atoms with E-state index < -0.39 is 10.0 Å². The molecular weight excluding hydrogens is 302 g/mol. The van der Waals surface area contributed by atoms with Gasteiger partial charge in [-0.15, -0.1) is 0 Å². The van der Waals surface area contributed by atoms with Gasteiger partial charge in [0.15, 0.2) is 0 Å². The average Bonchev–Trinajstić information content (AvgIpc) is 3.09. The Morgan fingerprint density at radius 1 is 1.36 bits per heavy atom. The van der Waals surface area contributed by atoms with Crippen molar-refractivity contribution in [2.45, 2.75) is 37.4 Å². The van der Waals surface area contributed by atoms with Gasteiger partial charge in [-0.2, -0.15) is 0 Å². The fraction of sp³-hybridized carbons (Fsp3) is 0.667. The molecule has 3 atom stereocenters. The first-order valence-electron chi connectivity index (χ1n) is 7.72. The van der Waals surface area contributed by atoms with E-state index in [0.29, 0.717) is 6.04 Å². The lowest BCUT2D eigenvalue weighted by Gasteiger charge is -2.32. The summed E-state index contributed by atoms with van der Waals surface area (Å²) in [6.45, 7) is 2.46. The van der Waals surface area contributed by atoms with Crippen molar-refractivity contribution >= 4 is 10.0 Å². The highest BCUT2D eigenvalue weighted by molar-refractivity contribution is 7.88.